The first kappa shape index (κ1) is 24.2. The van der Waals surface area contributed by atoms with Gasteiger partial charge in [-0.25, -0.2) is 22.3 Å². The molecule has 1 saturated heterocycles. The Bertz CT molecular complexity index is 1000. The second kappa shape index (κ2) is 9.58. The van der Waals surface area contributed by atoms with Crippen LogP contribution in [0.3, 0.4) is 0 Å². The summed E-state index contributed by atoms with van der Waals surface area (Å²) in [4.78, 5) is 25.0. The van der Waals surface area contributed by atoms with Crippen LogP contribution in [0, 0.1) is 11.7 Å². The van der Waals surface area contributed by atoms with Crippen LogP contribution in [0.4, 0.5) is 9.18 Å². The van der Waals surface area contributed by atoms with Crippen LogP contribution >= 0.6 is 0 Å². The molecule has 1 atom stereocenters. The molecule has 0 spiro atoms. The summed E-state index contributed by atoms with van der Waals surface area (Å²) in [6.07, 6.45) is 5.76. The summed E-state index contributed by atoms with van der Waals surface area (Å²) in [5, 5.41) is 2.26. The van der Waals surface area contributed by atoms with Crippen molar-refractivity contribution in [3.05, 3.63) is 41.7 Å². The molecule has 3 rings (SSSR count). The molecule has 32 heavy (non-hydrogen) atoms. The Balaban J connectivity index is 1.49. The van der Waals surface area contributed by atoms with E-state index in [1.807, 2.05) is 0 Å². The lowest BCUT2D eigenvalue weighted by Crippen LogP contribution is -2.44. The zero-order chi connectivity index (χ0) is 23.5. The molecule has 0 radical (unpaired) electrons. The minimum atomic E-state index is -3.59. The number of allylic oxidation sites excluding steroid dienone is 1. The van der Waals surface area contributed by atoms with Gasteiger partial charge in [0, 0.05) is 12.6 Å². The topological polar surface area (TPSA) is 105 Å². The number of ether oxygens (including phenoxy) is 1. The number of rotatable bonds is 11. The Morgan fingerprint density at radius 2 is 2.03 bits per heavy atom. The first-order chi connectivity index (χ1) is 15.0. The lowest BCUT2D eigenvalue weighted by molar-refractivity contribution is -0.124. The second-order valence-electron chi connectivity index (χ2n) is 8.79. The van der Waals surface area contributed by atoms with Gasteiger partial charge >= 0.3 is 6.03 Å². The first-order valence-corrected chi connectivity index (χ1v) is 12.3. The van der Waals surface area contributed by atoms with E-state index in [0.29, 0.717) is 18.1 Å². The Hall–Kier alpha value is -2.46. The van der Waals surface area contributed by atoms with Gasteiger partial charge in [0.2, 0.25) is 10.0 Å². The third kappa shape index (κ3) is 6.07. The lowest BCUT2D eigenvalue weighted by Gasteiger charge is -2.26. The summed E-state index contributed by atoms with van der Waals surface area (Å²) in [5.41, 5.74) is -0.329. The number of urea groups is 1. The van der Waals surface area contributed by atoms with E-state index < -0.39 is 33.5 Å². The predicted molar refractivity (Wildman–Crippen MR) is 118 cm³/mol. The van der Waals surface area contributed by atoms with Crippen LogP contribution in [-0.4, -0.2) is 49.7 Å². The molecule has 1 aliphatic heterocycles. The largest absolute Gasteiger partial charge is 0.490 e. The van der Waals surface area contributed by atoms with E-state index in [9.17, 15) is 22.4 Å². The van der Waals surface area contributed by atoms with Gasteiger partial charge < -0.3 is 9.64 Å². The van der Waals surface area contributed by atoms with Crippen LogP contribution < -0.4 is 14.8 Å². The normalized spacial score (nSPS) is 19.4. The van der Waals surface area contributed by atoms with Gasteiger partial charge in [-0.3, -0.25) is 10.1 Å². The van der Waals surface area contributed by atoms with E-state index in [1.54, 1.807) is 32.9 Å². The minimum Gasteiger partial charge on any atom is -0.490 e. The Kier molecular flexibility index (Phi) is 7.24. The van der Waals surface area contributed by atoms with Gasteiger partial charge in [0.1, 0.15) is 5.54 Å². The summed E-state index contributed by atoms with van der Waals surface area (Å²) in [6.45, 7) is 5.66. The van der Waals surface area contributed by atoms with Crippen molar-refractivity contribution in [2.45, 2.75) is 51.6 Å². The van der Waals surface area contributed by atoms with Gasteiger partial charge in [-0.15, -0.1) is 0 Å². The van der Waals surface area contributed by atoms with Crippen molar-refractivity contribution in [2.75, 3.05) is 18.9 Å². The summed E-state index contributed by atoms with van der Waals surface area (Å²) >= 11 is 0. The molecule has 1 aliphatic carbocycles. The van der Waals surface area contributed by atoms with Crippen molar-refractivity contribution >= 4 is 22.0 Å². The molecule has 3 amide bonds. The first-order valence-electron chi connectivity index (χ1n) is 10.7. The highest BCUT2D eigenvalue weighted by molar-refractivity contribution is 7.89. The molecular weight excluding hydrogens is 437 g/mol. The number of sulfonamides is 1. The van der Waals surface area contributed by atoms with E-state index in [1.165, 1.54) is 23.1 Å². The van der Waals surface area contributed by atoms with Crippen molar-refractivity contribution in [1.82, 2.24) is 14.9 Å². The minimum absolute atomic E-state index is 0.135. The monoisotopic (exact) mass is 467 g/mol. The number of nitrogens with one attached hydrogen (secondary N) is 2. The maximum Gasteiger partial charge on any atom is 0.325 e. The number of carbonyl (C=O) groups is 2. The van der Waals surface area contributed by atoms with Crippen LogP contribution in [-0.2, 0) is 14.8 Å². The summed E-state index contributed by atoms with van der Waals surface area (Å²) in [5.74, 6) is -0.358. The molecule has 2 aliphatic rings. The maximum atomic E-state index is 14.0. The van der Waals surface area contributed by atoms with E-state index in [0.717, 1.165) is 12.8 Å². The Labute approximate surface area is 188 Å². The fourth-order valence-electron chi connectivity index (χ4n) is 3.31. The Morgan fingerprint density at radius 3 is 2.66 bits per heavy atom. The average molecular weight is 468 g/mol. The number of halogens is 1. The van der Waals surface area contributed by atoms with Gasteiger partial charge in [0.05, 0.1) is 12.4 Å². The average Bonchev–Trinajstić information content (AvgIpc) is 3.50. The summed E-state index contributed by atoms with van der Waals surface area (Å²) < 4.78 is 47.0. The molecule has 0 aromatic heterocycles. The van der Waals surface area contributed by atoms with Gasteiger partial charge in [-0.1, -0.05) is 18.2 Å². The van der Waals surface area contributed by atoms with E-state index in [4.69, 9.17) is 4.74 Å². The van der Waals surface area contributed by atoms with E-state index in [-0.39, 0.29) is 30.4 Å². The molecule has 0 unspecified atom stereocenters. The zero-order valence-corrected chi connectivity index (χ0v) is 19.4. The smallest absolute Gasteiger partial charge is 0.325 e. The van der Waals surface area contributed by atoms with Crippen LogP contribution in [0.2, 0.25) is 0 Å². The van der Waals surface area contributed by atoms with Crippen LogP contribution in [0.5, 0.6) is 5.75 Å². The van der Waals surface area contributed by atoms with Crippen molar-refractivity contribution in [2.24, 2.45) is 5.92 Å². The number of carbonyl (C=O) groups excluding carboxylic acids is 2. The quantitative estimate of drug-likeness (QED) is 0.385. The van der Waals surface area contributed by atoms with Gasteiger partial charge in [0.25, 0.3) is 5.91 Å². The van der Waals surface area contributed by atoms with Crippen molar-refractivity contribution in [3.8, 4) is 5.75 Å². The van der Waals surface area contributed by atoms with Gasteiger partial charge in [-0.2, -0.15) is 0 Å². The van der Waals surface area contributed by atoms with Gasteiger partial charge in [0.15, 0.2) is 11.6 Å². The predicted octanol–water partition coefficient (Wildman–Crippen LogP) is 2.87. The molecule has 1 heterocycles. The fourth-order valence-corrected chi connectivity index (χ4v) is 4.55. The number of imide groups is 1. The molecule has 1 aromatic carbocycles. The second-order valence-corrected chi connectivity index (χ2v) is 10.7. The van der Waals surface area contributed by atoms with Crippen molar-refractivity contribution in [1.29, 1.82) is 0 Å². The van der Waals surface area contributed by atoms with E-state index in [2.05, 4.69) is 10.0 Å². The highest BCUT2D eigenvalue weighted by Crippen LogP contribution is 2.31. The lowest BCUT2D eigenvalue weighted by atomic mass is 10.0. The molecule has 1 aromatic rings. The third-order valence-corrected chi connectivity index (χ3v) is 7.17. The zero-order valence-electron chi connectivity index (χ0n) is 18.6. The number of hydrogen-bond donors (Lipinski definition) is 2. The Morgan fingerprint density at radius 1 is 1.31 bits per heavy atom. The highest BCUT2D eigenvalue weighted by atomic mass is 32.2. The number of hydrogen-bond acceptors (Lipinski definition) is 5. The van der Waals surface area contributed by atoms with Crippen LogP contribution in [0.1, 0.15) is 51.6 Å². The molecule has 10 heteroatoms. The number of nitrogens with zero attached hydrogens (tertiary/aromatic N) is 1. The SMILES string of the molecule is C[C@@H](NS(=O)(=O)CC/C=C/CN1C(=O)NC(=O)C1(C)C)c1ccc(F)c(OCC2CC2)c1. The fraction of sp³-hybridized carbons (Fsp3) is 0.545. The van der Waals surface area contributed by atoms with Gasteiger partial charge in [-0.05, 0) is 63.6 Å². The summed E-state index contributed by atoms with van der Waals surface area (Å²) in [7, 11) is -3.59. The molecular formula is C22H30FN3O5S. The molecule has 0 bridgehead atoms. The molecule has 8 nitrogen and oxygen atoms in total. The van der Waals surface area contributed by atoms with Crippen LogP contribution in [0.15, 0.2) is 30.4 Å². The number of benzene rings is 1. The molecule has 2 fully saturated rings. The summed E-state index contributed by atoms with van der Waals surface area (Å²) in [6, 6.07) is 3.35. The molecule has 2 N–H and O–H groups in total. The third-order valence-electron chi connectivity index (χ3n) is 5.69. The molecule has 176 valence electrons. The maximum absolute atomic E-state index is 14.0. The van der Waals surface area contributed by atoms with Crippen LogP contribution in [0.25, 0.3) is 0 Å². The van der Waals surface area contributed by atoms with Crippen molar-refractivity contribution < 1.29 is 27.1 Å². The molecule has 1 saturated carbocycles. The van der Waals surface area contributed by atoms with E-state index >= 15 is 0 Å². The standard InChI is InChI=1S/C22H30FN3O5S/c1-15(17-9-10-18(23)19(13-17)31-14-16-7-8-16)25-32(29,30)12-6-4-5-11-26-21(28)24-20(27)22(26,2)3/h4-5,9-10,13,15-16,25H,6-8,11-12,14H2,1-3H3,(H,24,27,28)/b5-4+/t15-/m1/s1. The highest BCUT2D eigenvalue weighted by Gasteiger charge is 2.44. The van der Waals surface area contributed by atoms with Crippen molar-refractivity contribution in [3.63, 3.8) is 0 Å². The number of amides is 3.